The van der Waals surface area contributed by atoms with Crippen LogP contribution in [0.1, 0.15) is 31.4 Å². The molecule has 0 atom stereocenters. The van der Waals surface area contributed by atoms with Gasteiger partial charge in [-0.2, -0.15) is 26.3 Å². The highest BCUT2D eigenvalue weighted by molar-refractivity contribution is 5.90. The first-order valence-electron chi connectivity index (χ1n) is 10.6. The number of piperazine rings is 1. The molecule has 1 N–H and O–H groups in total. The van der Waals surface area contributed by atoms with Gasteiger partial charge in [-0.25, -0.2) is 4.79 Å². The Morgan fingerprint density at radius 1 is 0.969 bits per heavy atom. The van der Waals surface area contributed by atoms with E-state index >= 15 is 0 Å². The number of nitrogens with zero attached hydrogens (tertiary/aromatic N) is 3. The van der Waals surface area contributed by atoms with Crippen LogP contribution in [0.4, 0.5) is 36.8 Å². The molecular weight excluding hydrogens is 438 g/mol. The van der Waals surface area contributed by atoms with E-state index in [0.717, 1.165) is 39.1 Å². The zero-order valence-electron chi connectivity index (χ0n) is 18.1. The van der Waals surface area contributed by atoms with Crippen molar-refractivity contribution in [2.75, 3.05) is 51.1 Å². The van der Waals surface area contributed by atoms with Gasteiger partial charge >= 0.3 is 18.4 Å². The van der Waals surface area contributed by atoms with Crippen molar-refractivity contribution in [1.29, 1.82) is 0 Å². The zero-order chi connectivity index (χ0) is 23.7. The maximum Gasteiger partial charge on any atom is 0.416 e. The Hall–Kier alpha value is -2.01. The molecule has 2 heterocycles. The Kier molecular flexibility index (Phi) is 7.28. The van der Waals surface area contributed by atoms with E-state index in [-0.39, 0.29) is 12.1 Å². The van der Waals surface area contributed by atoms with Gasteiger partial charge in [0.1, 0.15) is 0 Å². The van der Waals surface area contributed by atoms with E-state index in [1.165, 1.54) is 4.90 Å². The highest BCUT2D eigenvalue weighted by Gasteiger charge is 2.39. The van der Waals surface area contributed by atoms with E-state index in [9.17, 15) is 31.1 Å². The first kappa shape index (κ1) is 24.6. The largest absolute Gasteiger partial charge is 0.416 e. The molecule has 1 aromatic carbocycles. The lowest BCUT2D eigenvalue weighted by Gasteiger charge is -2.48. The Labute approximate surface area is 183 Å². The molecule has 5 nitrogen and oxygen atoms in total. The highest BCUT2D eigenvalue weighted by atomic mass is 19.4. The van der Waals surface area contributed by atoms with Crippen LogP contribution in [0, 0.1) is 5.92 Å². The average Bonchev–Trinajstić information content (AvgIpc) is 2.64. The fraction of sp³-hybridized carbons (Fsp3) is 0.667. The molecule has 2 aliphatic rings. The second kappa shape index (κ2) is 9.46. The van der Waals surface area contributed by atoms with Gasteiger partial charge in [-0.3, -0.25) is 4.90 Å². The van der Waals surface area contributed by atoms with E-state index < -0.39 is 35.2 Å². The number of alkyl halides is 6. The van der Waals surface area contributed by atoms with Gasteiger partial charge in [-0.05, 0) is 37.1 Å². The molecule has 2 amide bonds. The first-order valence-corrected chi connectivity index (χ1v) is 10.6. The highest BCUT2D eigenvalue weighted by Crippen LogP contribution is 2.37. The molecule has 0 saturated carbocycles. The lowest BCUT2D eigenvalue weighted by atomic mass is 10.1. The number of urea groups is 1. The van der Waals surface area contributed by atoms with Crippen LogP contribution < -0.4 is 5.32 Å². The first-order chi connectivity index (χ1) is 14.8. The molecule has 3 rings (SSSR count). The summed E-state index contributed by atoms with van der Waals surface area (Å²) in [6.07, 6.45) is -8.78. The maximum atomic E-state index is 13.0. The fourth-order valence-electron chi connectivity index (χ4n) is 3.87. The van der Waals surface area contributed by atoms with Crippen LogP contribution in [0.3, 0.4) is 0 Å². The normalized spacial score (nSPS) is 19.3. The third-order valence-corrected chi connectivity index (χ3v) is 5.93. The Balaban J connectivity index is 1.53. The fourth-order valence-corrected chi connectivity index (χ4v) is 3.87. The van der Waals surface area contributed by atoms with Crippen molar-refractivity contribution in [3.05, 3.63) is 29.3 Å². The van der Waals surface area contributed by atoms with Gasteiger partial charge < -0.3 is 15.1 Å². The topological polar surface area (TPSA) is 38.8 Å². The van der Waals surface area contributed by atoms with Crippen LogP contribution in [0.15, 0.2) is 18.2 Å². The molecule has 11 heteroatoms. The number of likely N-dealkylation sites (tertiary alicyclic amines) is 1. The third-order valence-electron chi connectivity index (χ3n) is 5.93. The van der Waals surface area contributed by atoms with Crippen molar-refractivity contribution in [2.45, 2.75) is 38.7 Å². The van der Waals surface area contributed by atoms with Crippen LogP contribution in [0.5, 0.6) is 0 Å². The number of rotatable bonds is 5. The summed E-state index contributed by atoms with van der Waals surface area (Å²) in [4.78, 5) is 18.5. The lowest BCUT2D eigenvalue weighted by Crippen LogP contribution is -2.64. The summed E-state index contributed by atoms with van der Waals surface area (Å²) in [6.45, 7) is 9.86. The molecule has 2 saturated heterocycles. The predicted molar refractivity (Wildman–Crippen MR) is 108 cm³/mol. The summed E-state index contributed by atoms with van der Waals surface area (Å²) in [5.41, 5.74) is -3.45. The number of anilines is 1. The molecule has 0 unspecified atom stereocenters. The molecule has 0 spiro atoms. The van der Waals surface area contributed by atoms with E-state index in [4.69, 9.17) is 0 Å². The van der Waals surface area contributed by atoms with Gasteiger partial charge in [-0.1, -0.05) is 13.8 Å². The number of nitrogens with one attached hydrogen (secondary N) is 1. The number of halogens is 6. The molecule has 0 aromatic heterocycles. The Morgan fingerprint density at radius 2 is 1.50 bits per heavy atom. The minimum atomic E-state index is -4.96. The Bertz CT molecular complexity index is 764. The molecule has 0 aliphatic carbocycles. The molecule has 32 heavy (non-hydrogen) atoms. The molecule has 1 aromatic rings. The summed E-state index contributed by atoms with van der Waals surface area (Å²) >= 11 is 0. The van der Waals surface area contributed by atoms with Crippen LogP contribution in [-0.4, -0.2) is 72.6 Å². The Morgan fingerprint density at radius 3 is 1.97 bits per heavy atom. The third kappa shape index (κ3) is 6.28. The second-order valence-electron chi connectivity index (χ2n) is 8.84. The molecule has 2 aliphatic heterocycles. The van der Waals surface area contributed by atoms with E-state index in [1.807, 2.05) is 0 Å². The van der Waals surface area contributed by atoms with Gasteiger partial charge in [0.15, 0.2) is 0 Å². The van der Waals surface area contributed by atoms with Crippen molar-refractivity contribution in [3.8, 4) is 0 Å². The summed E-state index contributed by atoms with van der Waals surface area (Å²) in [5, 5.41) is 2.19. The van der Waals surface area contributed by atoms with Crippen LogP contribution >= 0.6 is 0 Å². The van der Waals surface area contributed by atoms with Crippen molar-refractivity contribution in [2.24, 2.45) is 5.92 Å². The molecule has 180 valence electrons. The van der Waals surface area contributed by atoms with Crippen molar-refractivity contribution < 1.29 is 31.1 Å². The number of carbonyl (C=O) groups is 1. The van der Waals surface area contributed by atoms with Gasteiger partial charge in [-0.15, -0.1) is 0 Å². The van der Waals surface area contributed by atoms with Crippen LogP contribution in [0.2, 0.25) is 0 Å². The lowest BCUT2D eigenvalue weighted by molar-refractivity contribution is -0.143. The monoisotopic (exact) mass is 466 g/mol. The van der Waals surface area contributed by atoms with Crippen LogP contribution in [-0.2, 0) is 12.4 Å². The van der Waals surface area contributed by atoms with Crippen molar-refractivity contribution in [1.82, 2.24) is 14.7 Å². The second-order valence-corrected chi connectivity index (χ2v) is 8.84. The minimum Gasteiger partial charge on any atom is -0.321 e. The smallest absolute Gasteiger partial charge is 0.321 e. The van der Waals surface area contributed by atoms with Gasteiger partial charge in [0.05, 0.1) is 11.1 Å². The molecule has 0 bridgehead atoms. The van der Waals surface area contributed by atoms with Crippen molar-refractivity contribution in [3.63, 3.8) is 0 Å². The number of carbonyl (C=O) groups excluding carboxylic acids is 1. The zero-order valence-corrected chi connectivity index (χ0v) is 18.1. The van der Waals surface area contributed by atoms with Crippen molar-refractivity contribution >= 4 is 11.7 Å². The van der Waals surface area contributed by atoms with Crippen LogP contribution in [0.25, 0.3) is 0 Å². The quantitative estimate of drug-likeness (QED) is 0.645. The average molecular weight is 466 g/mol. The summed E-state index contributed by atoms with van der Waals surface area (Å²) in [7, 11) is 0. The molecule has 0 radical (unpaired) electrons. The summed E-state index contributed by atoms with van der Waals surface area (Å²) < 4.78 is 77.9. The number of benzene rings is 1. The SMILES string of the molecule is CC(C)CCN1CCN(C2CN(C(=O)Nc3cc(C(F)(F)F)cc(C(F)(F)F)c3)C2)CC1. The predicted octanol–water partition coefficient (Wildman–Crippen LogP) is 4.60. The van der Waals surface area contributed by atoms with E-state index in [0.29, 0.717) is 31.1 Å². The van der Waals surface area contributed by atoms with E-state index in [2.05, 4.69) is 29.0 Å². The number of amides is 2. The standard InChI is InChI=1S/C21H28F6N4O/c1-14(2)3-4-29-5-7-30(8-6-29)18-12-31(13-18)19(32)28-17-10-15(20(22,23)24)9-16(11-17)21(25,26)27/h9-11,14,18H,3-8,12-13H2,1-2H3,(H,28,32). The van der Waals surface area contributed by atoms with Gasteiger partial charge in [0.2, 0.25) is 0 Å². The molecular formula is C21H28F6N4O. The summed E-state index contributed by atoms with van der Waals surface area (Å²) in [5.74, 6) is 0.649. The minimum absolute atomic E-state index is 0.0378. The maximum absolute atomic E-state index is 13.0. The van der Waals surface area contributed by atoms with E-state index in [1.54, 1.807) is 0 Å². The van der Waals surface area contributed by atoms with Gasteiger partial charge in [0, 0.05) is 51.0 Å². The number of hydrogen-bond donors (Lipinski definition) is 1. The molecule has 2 fully saturated rings. The summed E-state index contributed by atoms with van der Waals surface area (Å²) in [6, 6.07) is 0.516. The number of hydrogen-bond acceptors (Lipinski definition) is 3. The van der Waals surface area contributed by atoms with Gasteiger partial charge in [0.25, 0.3) is 0 Å².